The van der Waals surface area contributed by atoms with Crippen molar-refractivity contribution in [2.45, 2.75) is 88.2 Å². The van der Waals surface area contributed by atoms with E-state index in [0.717, 1.165) is 44.6 Å². The molecule has 0 unspecified atom stereocenters. The molecular formula is C51H55F9O16S3. The minimum atomic E-state index is -6.47. The van der Waals surface area contributed by atoms with Gasteiger partial charge in [-0.15, -0.1) is 0 Å². The summed E-state index contributed by atoms with van der Waals surface area (Å²) in [7, 11) is -11.1. The van der Waals surface area contributed by atoms with Crippen molar-refractivity contribution in [3.63, 3.8) is 0 Å². The Hall–Kier alpha value is -6.68. The van der Waals surface area contributed by atoms with Gasteiger partial charge < -0.3 is 45.7 Å². The van der Waals surface area contributed by atoms with Gasteiger partial charge in [0.1, 0.15) is 57.5 Å². The molecule has 10 aliphatic carbocycles. The predicted molar refractivity (Wildman–Crippen MR) is 269 cm³/mol. The van der Waals surface area contributed by atoms with Gasteiger partial charge in [-0.05, 0) is 60.7 Å². The Morgan fingerprint density at radius 2 is 0.443 bits per heavy atom. The summed E-state index contributed by atoms with van der Waals surface area (Å²) >= 11 is 0. The van der Waals surface area contributed by atoms with Crippen LogP contribution in [0.25, 0.3) is 0 Å². The van der Waals surface area contributed by atoms with Crippen LogP contribution in [0, 0.1) is 0 Å². The van der Waals surface area contributed by atoms with Crippen molar-refractivity contribution < 1.29 is 110 Å². The fraction of sp³-hybridized carbons (Fsp3) is 0.412. The molecule has 0 N–H and O–H groups in total. The molecule has 0 spiro atoms. The van der Waals surface area contributed by atoms with E-state index in [1.807, 2.05) is 0 Å². The molecule has 16 nitrogen and oxygen atoms in total. The zero-order valence-electron chi connectivity index (χ0n) is 43.8. The number of rotatable bonds is 16. The van der Waals surface area contributed by atoms with Gasteiger partial charge in [0.2, 0.25) is 0 Å². The summed E-state index contributed by atoms with van der Waals surface area (Å²) in [6.07, 6.45) is 3.12. The number of alkyl halides is 9. The topological polar surface area (TPSA) is 195 Å². The number of ether oxygens (including phenoxy) is 7. The number of unbranched alkanes of at least 4 members (excludes halogenated alkanes) is 3. The number of hydrogen-bond donors (Lipinski definition) is 0. The Balaban J connectivity index is 0.00000181. The third kappa shape index (κ3) is 14.8. The fourth-order valence-electron chi connectivity index (χ4n) is 8.19. The highest BCUT2D eigenvalue weighted by Gasteiger charge is 2.51. The lowest BCUT2D eigenvalue weighted by atomic mass is 9.94. The van der Waals surface area contributed by atoms with E-state index in [2.05, 4.69) is 22.2 Å². The zero-order valence-corrected chi connectivity index (χ0v) is 46.2. The van der Waals surface area contributed by atoms with Crippen LogP contribution in [0.3, 0.4) is 0 Å². The summed E-state index contributed by atoms with van der Waals surface area (Å²) in [5, 5.41) is 0. The van der Waals surface area contributed by atoms with Crippen molar-refractivity contribution in [2.75, 3.05) is 49.8 Å². The molecule has 10 aliphatic rings. The Morgan fingerprint density at radius 1 is 0.304 bits per heavy atom. The Kier molecular flexibility index (Phi) is 20.1. The second-order valence-electron chi connectivity index (χ2n) is 17.3. The Bertz CT molecular complexity index is 3290. The average Bonchev–Trinajstić information content (AvgIpc) is 3.42. The van der Waals surface area contributed by atoms with Crippen LogP contribution in [-0.2, 0) is 62.5 Å². The lowest BCUT2D eigenvalue weighted by molar-refractivity contribution is -0.0505. The molecule has 0 atom stereocenters. The first-order valence-corrected chi connectivity index (χ1v) is 27.7. The number of methoxy groups -OCH3 is 7. The molecule has 436 valence electrons. The molecule has 79 heavy (non-hydrogen) atoms. The summed E-state index contributed by atoms with van der Waals surface area (Å²) in [5.74, 6) is -3.32. The van der Waals surface area contributed by atoms with E-state index in [1.54, 1.807) is 0 Å². The second kappa shape index (κ2) is 25.2. The maximum Gasteiger partial charge on any atom is 0.534 e. The monoisotopic (exact) mass is 1190 g/mol. The lowest BCUT2D eigenvalue weighted by Gasteiger charge is -2.21. The third-order valence-electron chi connectivity index (χ3n) is 12.1. The van der Waals surface area contributed by atoms with Crippen LogP contribution in [0.4, 0.5) is 39.5 Å². The van der Waals surface area contributed by atoms with Crippen molar-refractivity contribution in [1.29, 1.82) is 0 Å². The molecule has 0 fully saturated rings. The van der Waals surface area contributed by atoms with Gasteiger partial charge >= 0.3 is 46.9 Å². The van der Waals surface area contributed by atoms with Crippen molar-refractivity contribution in [3.05, 3.63) is 116 Å². The molecule has 0 amide bonds. The van der Waals surface area contributed by atoms with Gasteiger partial charge in [-0.1, -0.05) is 39.5 Å². The Morgan fingerprint density at radius 3 is 0.570 bits per heavy atom. The quantitative estimate of drug-likeness (QED) is 0.0384. The van der Waals surface area contributed by atoms with Gasteiger partial charge in [-0.3, -0.25) is 0 Å². The van der Waals surface area contributed by atoms with E-state index in [-0.39, 0.29) is 103 Å². The first kappa shape index (κ1) is 63.2. The van der Waals surface area contributed by atoms with Gasteiger partial charge in [0, 0.05) is 87.7 Å². The molecular weight excluding hydrogens is 1140 g/mol. The molecule has 0 saturated heterocycles. The van der Waals surface area contributed by atoms with Gasteiger partial charge in [-0.25, -0.2) is 0 Å². The van der Waals surface area contributed by atoms with E-state index in [9.17, 15) is 64.8 Å². The molecule has 0 aromatic heterocycles. The maximum atomic E-state index is 14.0. The predicted octanol–water partition coefficient (Wildman–Crippen LogP) is 11.3. The fourth-order valence-corrected chi connectivity index (χ4v) is 9.65. The van der Waals surface area contributed by atoms with Gasteiger partial charge in [-0.2, -0.15) is 64.8 Å². The summed E-state index contributed by atoms with van der Waals surface area (Å²) in [6.45, 7) is 4.46. The molecule has 10 bridgehead atoms. The largest absolute Gasteiger partial charge is 0.534 e. The van der Waals surface area contributed by atoms with E-state index in [1.165, 1.54) is 91.6 Å². The first-order valence-electron chi connectivity index (χ1n) is 23.4. The molecule has 15 rings (SSSR count). The van der Waals surface area contributed by atoms with Gasteiger partial charge in [0.15, 0.2) is 0 Å². The molecule has 28 heteroatoms. The summed E-state index contributed by atoms with van der Waals surface area (Å²) < 4.78 is 255. The molecule has 5 aromatic carbocycles. The second-order valence-corrected chi connectivity index (χ2v) is 21.9. The number of hydrogen-bond acceptors (Lipinski definition) is 16. The van der Waals surface area contributed by atoms with Crippen LogP contribution in [0.5, 0.6) is 57.5 Å². The van der Waals surface area contributed by atoms with Crippen LogP contribution in [0.15, 0.2) is 60.7 Å². The zero-order chi connectivity index (χ0) is 59.1. The van der Waals surface area contributed by atoms with E-state index < -0.39 is 89.0 Å². The van der Waals surface area contributed by atoms with Crippen LogP contribution in [0.2, 0.25) is 0 Å². The standard InChI is InChI=1S/C45H41F9O16S3.C6H14/c1-61-33-15-25-10-30-17-37(65-5)27(20-40(30)68-71(55,56)43(46,47)48)8-23-13-36(64-4)26(16-34(23)62-2)11-31-18-39(67-7)29(22-42(31)70-73(59,60)45(52,53)54)12-32-19-38(66-6)28(9-24(33)14-35(25)63-3)21-41(32)69-72(57,58)44(49,50)51;1-3-5-6-4-2/h13-22H,8-12H2,1-7H3;3-6H2,1-2H3. The highest BCUT2D eigenvalue weighted by atomic mass is 32.2. The van der Waals surface area contributed by atoms with Crippen LogP contribution >= 0.6 is 0 Å². The lowest BCUT2D eigenvalue weighted by Crippen LogP contribution is -2.28. The van der Waals surface area contributed by atoms with E-state index in [0.29, 0.717) is 0 Å². The SMILES string of the molecule is CCCCCC.COc1cc2c(OC)cc1Cc1cc(OS(=O)(=O)C(F)(F)F)c(cc1OC)Cc1cc(OS(=O)(=O)C(F)(F)F)c(cc1OC)Cc1cc(OC)c(cc1OC)Cc1cc(OS(=O)(=O)C(F)(F)F)c(cc1OC)C2. The smallest absolute Gasteiger partial charge is 0.496 e. The summed E-state index contributed by atoms with van der Waals surface area (Å²) in [6, 6.07) is 11.2. The van der Waals surface area contributed by atoms with Crippen molar-refractivity contribution >= 4 is 30.4 Å². The highest BCUT2D eigenvalue weighted by Crippen LogP contribution is 2.44. The van der Waals surface area contributed by atoms with Crippen molar-refractivity contribution in [2.24, 2.45) is 0 Å². The van der Waals surface area contributed by atoms with Gasteiger partial charge in [0.25, 0.3) is 0 Å². The molecule has 0 heterocycles. The van der Waals surface area contributed by atoms with Crippen molar-refractivity contribution in [1.82, 2.24) is 0 Å². The molecule has 0 saturated carbocycles. The summed E-state index contributed by atoms with van der Waals surface area (Å²) in [4.78, 5) is 0. The van der Waals surface area contributed by atoms with Crippen molar-refractivity contribution in [3.8, 4) is 57.5 Å². The molecule has 0 radical (unpaired) electrons. The van der Waals surface area contributed by atoms with E-state index in [4.69, 9.17) is 37.3 Å². The van der Waals surface area contributed by atoms with Crippen LogP contribution in [0.1, 0.15) is 95.2 Å². The van der Waals surface area contributed by atoms with Crippen LogP contribution in [-0.4, -0.2) is 91.5 Å². The maximum absolute atomic E-state index is 14.0. The Labute approximate surface area is 450 Å². The van der Waals surface area contributed by atoms with Crippen LogP contribution < -0.4 is 45.7 Å². The normalized spacial score (nSPS) is 13.2. The minimum Gasteiger partial charge on any atom is -0.496 e. The average molecular weight is 1190 g/mol. The molecule has 5 aromatic rings. The first-order chi connectivity index (χ1) is 36.8. The number of halogens is 9. The molecule has 0 aliphatic heterocycles. The minimum absolute atomic E-state index is 0.0116. The van der Waals surface area contributed by atoms with Gasteiger partial charge in [0.05, 0.1) is 49.8 Å². The number of benzene rings is 5. The third-order valence-corrected chi connectivity index (χ3v) is 15.0. The van der Waals surface area contributed by atoms with E-state index >= 15 is 0 Å². The summed E-state index contributed by atoms with van der Waals surface area (Å²) in [5.41, 5.74) is -18.6. The highest BCUT2D eigenvalue weighted by molar-refractivity contribution is 7.88.